The molecule has 2 aromatic rings. The molecule has 26 heavy (non-hydrogen) atoms. The molecule has 0 amide bonds. The van der Waals surface area contributed by atoms with Crippen LogP contribution in [-0.2, 0) is 10.0 Å². The van der Waals surface area contributed by atoms with Gasteiger partial charge in [-0.25, -0.2) is 13.1 Å². The van der Waals surface area contributed by atoms with Crippen molar-refractivity contribution in [3.05, 3.63) is 54.1 Å². The summed E-state index contributed by atoms with van der Waals surface area (Å²) in [4.78, 5) is 1.33. The average Bonchev–Trinajstić information content (AvgIpc) is 2.67. The fourth-order valence-corrected chi connectivity index (χ4v) is 5.04. The Bertz CT molecular complexity index is 859. The maximum absolute atomic E-state index is 12.9. The molecule has 0 fully saturated rings. The van der Waals surface area contributed by atoms with Gasteiger partial charge in [-0.2, -0.15) is 0 Å². The van der Waals surface area contributed by atoms with Gasteiger partial charge in [0, 0.05) is 16.9 Å². The number of benzene rings is 2. The summed E-state index contributed by atoms with van der Waals surface area (Å²) in [5.74, 6) is 0.771. The number of hydrogen-bond donors (Lipinski definition) is 1. The van der Waals surface area contributed by atoms with Crippen molar-refractivity contribution in [3.63, 3.8) is 0 Å². The summed E-state index contributed by atoms with van der Waals surface area (Å²) in [7, 11) is -3.61. The van der Waals surface area contributed by atoms with Crippen LogP contribution < -0.4 is 9.46 Å². The molecule has 0 aliphatic carbocycles. The minimum atomic E-state index is -3.61. The van der Waals surface area contributed by atoms with E-state index in [9.17, 15) is 8.42 Å². The molecule has 0 aromatic heterocycles. The summed E-state index contributed by atoms with van der Waals surface area (Å²) in [5, 5.41) is 0. The first-order valence-electron chi connectivity index (χ1n) is 8.87. The third kappa shape index (κ3) is 3.77. The van der Waals surface area contributed by atoms with E-state index in [-0.39, 0.29) is 16.5 Å². The van der Waals surface area contributed by atoms with Gasteiger partial charge in [-0.3, -0.25) is 0 Å². The third-order valence-electron chi connectivity index (χ3n) is 5.15. The lowest BCUT2D eigenvalue weighted by Crippen LogP contribution is -2.44. The molecular weight excluding hydrogens is 366 g/mol. The number of rotatable bonds is 6. The molecule has 1 heterocycles. The van der Waals surface area contributed by atoms with Crippen LogP contribution in [-0.4, -0.2) is 20.3 Å². The molecule has 6 heteroatoms. The largest absolute Gasteiger partial charge is 0.487 e. The first-order valence-corrected chi connectivity index (χ1v) is 11.6. The molecular formula is C20H25NO3S2. The zero-order chi connectivity index (χ0) is 18.8. The average molecular weight is 392 g/mol. The molecule has 3 rings (SSSR count). The second-order valence-electron chi connectivity index (χ2n) is 6.58. The fourth-order valence-electron chi connectivity index (χ4n) is 3.42. The number of sulfonamides is 1. The normalized spacial score (nSPS) is 18.8. The molecule has 1 aliphatic heterocycles. The highest BCUT2D eigenvalue weighted by Crippen LogP contribution is 2.43. The van der Waals surface area contributed by atoms with Crippen molar-refractivity contribution >= 4 is 21.8 Å². The van der Waals surface area contributed by atoms with Gasteiger partial charge >= 0.3 is 0 Å². The zero-order valence-corrected chi connectivity index (χ0v) is 17.0. The summed E-state index contributed by atoms with van der Waals surface area (Å²) in [6, 6.07) is 14.4. The predicted molar refractivity (Wildman–Crippen MR) is 106 cm³/mol. The Morgan fingerprint density at radius 3 is 2.38 bits per heavy atom. The maximum atomic E-state index is 12.9. The van der Waals surface area contributed by atoms with Crippen molar-refractivity contribution in [1.82, 2.24) is 4.72 Å². The predicted octanol–water partition coefficient (Wildman–Crippen LogP) is 4.77. The quantitative estimate of drug-likeness (QED) is 0.721. The van der Waals surface area contributed by atoms with Crippen molar-refractivity contribution < 1.29 is 13.2 Å². The van der Waals surface area contributed by atoms with E-state index < -0.39 is 10.0 Å². The number of nitrogens with one attached hydrogen (secondary N) is 1. The molecule has 0 saturated heterocycles. The molecule has 2 aromatic carbocycles. The van der Waals surface area contributed by atoms with Crippen molar-refractivity contribution in [1.29, 1.82) is 0 Å². The summed E-state index contributed by atoms with van der Waals surface area (Å²) < 4.78 is 35.1. The SMILES string of the molecule is CCC1(CC)C[C@@H](NS(=O)(=O)c2ccc(SC)cc2)c2ccccc2O1. The van der Waals surface area contributed by atoms with Crippen LogP contribution in [0.1, 0.15) is 44.7 Å². The Morgan fingerprint density at radius 2 is 1.77 bits per heavy atom. The molecule has 0 radical (unpaired) electrons. The van der Waals surface area contributed by atoms with Gasteiger partial charge in [0.25, 0.3) is 0 Å². The topological polar surface area (TPSA) is 55.4 Å². The summed E-state index contributed by atoms with van der Waals surface area (Å²) in [5.41, 5.74) is 0.555. The zero-order valence-electron chi connectivity index (χ0n) is 15.4. The van der Waals surface area contributed by atoms with Crippen LogP contribution in [0, 0.1) is 0 Å². The van der Waals surface area contributed by atoms with Crippen molar-refractivity contribution in [2.24, 2.45) is 0 Å². The molecule has 0 bridgehead atoms. The van der Waals surface area contributed by atoms with E-state index in [1.54, 1.807) is 23.9 Å². The monoisotopic (exact) mass is 391 g/mol. The van der Waals surface area contributed by atoms with E-state index in [0.717, 1.165) is 29.1 Å². The maximum Gasteiger partial charge on any atom is 0.241 e. The van der Waals surface area contributed by atoms with E-state index in [1.165, 1.54) is 0 Å². The lowest BCUT2D eigenvalue weighted by atomic mass is 9.84. The van der Waals surface area contributed by atoms with Crippen molar-refractivity contribution in [2.75, 3.05) is 6.26 Å². The van der Waals surface area contributed by atoms with Gasteiger partial charge in [-0.1, -0.05) is 32.0 Å². The van der Waals surface area contributed by atoms with Crippen LogP contribution in [0.2, 0.25) is 0 Å². The van der Waals surface area contributed by atoms with Crippen molar-refractivity contribution in [3.8, 4) is 5.75 Å². The molecule has 1 atom stereocenters. The van der Waals surface area contributed by atoms with E-state index in [1.807, 2.05) is 42.7 Å². The lowest BCUT2D eigenvalue weighted by Gasteiger charge is -2.41. The van der Waals surface area contributed by atoms with Crippen LogP contribution in [0.25, 0.3) is 0 Å². The molecule has 0 saturated carbocycles. The lowest BCUT2D eigenvalue weighted by molar-refractivity contribution is 0.0260. The Morgan fingerprint density at radius 1 is 1.12 bits per heavy atom. The number of fused-ring (bicyclic) bond motifs is 1. The number of thioether (sulfide) groups is 1. The smallest absolute Gasteiger partial charge is 0.241 e. The molecule has 0 unspecified atom stereocenters. The summed E-state index contributed by atoms with van der Waals surface area (Å²) in [6.07, 6.45) is 4.26. The second-order valence-corrected chi connectivity index (χ2v) is 9.18. The Kier molecular flexibility index (Phi) is 5.65. The summed E-state index contributed by atoms with van der Waals surface area (Å²) >= 11 is 1.59. The van der Waals surface area contributed by atoms with Gasteiger partial charge < -0.3 is 4.74 Å². The van der Waals surface area contributed by atoms with E-state index in [2.05, 4.69) is 18.6 Å². The molecule has 1 aliphatic rings. The molecule has 0 spiro atoms. The van der Waals surface area contributed by atoms with Gasteiger partial charge in [0.1, 0.15) is 11.4 Å². The van der Waals surface area contributed by atoms with Gasteiger partial charge in [0.05, 0.1) is 10.9 Å². The van der Waals surface area contributed by atoms with E-state index in [0.29, 0.717) is 6.42 Å². The Labute approximate surface area is 160 Å². The van der Waals surface area contributed by atoms with Crippen LogP contribution >= 0.6 is 11.8 Å². The van der Waals surface area contributed by atoms with Gasteiger partial charge in [0.15, 0.2) is 0 Å². The summed E-state index contributed by atoms with van der Waals surface area (Å²) in [6.45, 7) is 4.17. The van der Waals surface area contributed by atoms with Gasteiger partial charge in [-0.15, -0.1) is 11.8 Å². The van der Waals surface area contributed by atoms with Gasteiger partial charge in [-0.05, 0) is 49.4 Å². The number of para-hydroxylation sites is 1. The van der Waals surface area contributed by atoms with E-state index in [4.69, 9.17) is 4.74 Å². The van der Waals surface area contributed by atoms with Crippen molar-refractivity contribution in [2.45, 2.75) is 54.5 Å². The first-order chi connectivity index (χ1) is 12.4. The number of ether oxygens (including phenoxy) is 1. The van der Waals surface area contributed by atoms with E-state index >= 15 is 0 Å². The molecule has 4 nitrogen and oxygen atoms in total. The minimum Gasteiger partial charge on any atom is -0.487 e. The van der Waals surface area contributed by atoms with Crippen LogP contribution in [0.5, 0.6) is 5.75 Å². The second kappa shape index (κ2) is 7.62. The highest BCUT2D eigenvalue weighted by atomic mass is 32.2. The van der Waals surface area contributed by atoms with Crippen LogP contribution in [0.4, 0.5) is 0 Å². The van der Waals surface area contributed by atoms with Crippen LogP contribution in [0.15, 0.2) is 58.3 Å². The third-order valence-corrected chi connectivity index (χ3v) is 7.38. The van der Waals surface area contributed by atoms with Crippen LogP contribution in [0.3, 0.4) is 0 Å². The number of hydrogen-bond acceptors (Lipinski definition) is 4. The van der Waals surface area contributed by atoms with Gasteiger partial charge in [0.2, 0.25) is 10.0 Å². The molecule has 140 valence electrons. The Balaban J connectivity index is 1.94. The first kappa shape index (κ1) is 19.3. The fraction of sp³-hybridized carbons (Fsp3) is 0.400. The minimum absolute atomic E-state index is 0.290. The Hall–Kier alpha value is -1.50. The highest BCUT2D eigenvalue weighted by molar-refractivity contribution is 7.98. The standard InChI is InChI=1S/C20H25NO3S2/c1-4-20(5-2)14-18(17-8-6-7-9-19(17)24-20)21-26(22,23)16-12-10-15(25-3)11-13-16/h6-13,18,21H,4-5,14H2,1-3H3/t18-/m1/s1. The highest BCUT2D eigenvalue weighted by Gasteiger charge is 2.39. The molecule has 1 N–H and O–H groups in total.